The zero-order valence-electron chi connectivity index (χ0n) is 8.71. The van der Waals surface area contributed by atoms with Crippen molar-refractivity contribution < 1.29 is 14.6 Å². The number of ether oxygens (including phenoxy) is 1. The fourth-order valence-electron chi connectivity index (χ4n) is 1.59. The molecule has 0 amide bonds. The van der Waals surface area contributed by atoms with Crippen LogP contribution in [0.3, 0.4) is 0 Å². The molecule has 1 rings (SSSR count). The Morgan fingerprint density at radius 3 is 2.29 bits per heavy atom. The quantitative estimate of drug-likeness (QED) is 0.459. The van der Waals surface area contributed by atoms with Gasteiger partial charge < -0.3 is 9.84 Å². The Bertz CT molecular complexity index is 164. The van der Waals surface area contributed by atoms with Crippen molar-refractivity contribution >= 4 is 5.97 Å². The second-order valence-corrected chi connectivity index (χ2v) is 4.01. The first-order valence-corrected chi connectivity index (χ1v) is 5.62. The summed E-state index contributed by atoms with van der Waals surface area (Å²) >= 11 is 0. The predicted octanol–water partition coefficient (Wildman–Crippen LogP) is 2.59. The number of carboxylic acids is 1. The van der Waals surface area contributed by atoms with E-state index in [0.717, 1.165) is 19.4 Å². The van der Waals surface area contributed by atoms with Gasteiger partial charge in [-0.15, -0.1) is 0 Å². The van der Waals surface area contributed by atoms with Crippen molar-refractivity contribution in [3.63, 3.8) is 0 Å². The van der Waals surface area contributed by atoms with Crippen LogP contribution in [0, 0.1) is 0 Å². The number of aliphatic carboxylic acids is 1. The van der Waals surface area contributed by atoms with E-state index < -0.39 is 5.97 Å². The summed E-state index contributed by atoms with van der Waals surface area (Å²) in [5, 5.41) is 8.41. The number of carboxylic acid groups (broad SMARTS) is 1. The zero-order valence-corrected chi connectivity index (χ0v) is 8.71. The molecule has 1 atom stereocenters. The molecule has 82 valence electrons. The summed E-state index contributed by atoms with van der Waals surface area (Å²) in [6.45, 7) is 0.971. The molecule has 1 unspecified atom stereocenters. The van der Waals surface area contributed by atoms with Crippen LogP contribution in [0.25, 0.3) is 0 Å². The van der Waals surface area contributed by atoms with Crippen LogP contribution < -0.4 is 0 Å². The second kappa shape index (κ2) is 6.82. The van der Waals surface area contributed by atoms with Crippen LogP contribution in [-0.2, 0) is 9.53 Å². The highest BCUT2D eigenvalue weighted by molar-refractivity contribution is 5.66. The molecule has 1 aliphatic heterocycles. The molecule has 0 aromatic rings. The van der Waals surface area contributed by atoms with Crippen LogP contribution in [0.2, 0.25) is 0 Å². The first-order chi connectivity index (χ1) is 6.79. The Kier molecular flexibility index (Phi) is 5.60. The molecule has 3 nitrogen and oxygen atoms in total. The molecule has 1 saturated heterocycles. The van der Waals surface area contributed by atoms with Crippen LogP contribution in [0.5, 0.6) is 0 Å². The third-order valence-corrected chi connectivity index (χ3v) is 2.57. The van der Waals surface area contributed by atoms with Gasteiger partial charge in [-0.05, 0) is 12.8 Å². The topological polar surface area (TPSA) is 49.8 Å². The molecule has 0 bridgehead atoms. The van der Waals surface area contributed by atoms with Crippen molar-refractivity contribution in [2.24, 2.45) is 0 Å². The Labute approximate surface area is 85.5 Å². The molecule has 1 heterocycles. The van der Waals surface area contributed by atoms with Gasteiger partial charge in [0.05, 0.1) is 12.7 Å². The van der Waals surface area contributed by atoms with E-state index in [2.05, 4.69) is 0 Å². The minimum absolute atomic E-state index is 0.329. The maximum atomic E-state index is 10.2. The molecule has 0 spiro atoms. The number of unbranched alkanes of at least 4 members (excludes halogenated alkanes) is 5. The predicted molar refractivity (Wildman–Crippen MR) is 54.3 cm³/mol. The van der Waals surface area contributed by atoms with Crippen molar-refractivity contribution in [3.05, 3.63) is 0 Å². The lowest BCUT2D eigenvalue weighted by molar-refractivity contribution is -0.137. The van der Waals surface area contributed by atoms with Crippen LogP contribution in [-0.4, -0.2) is 23.8 Å². The van der Waals surface area contributed by atoms with Crippen LogP contribution in [0.1, 0.15) is 51.4 Å². The zero-order chi connectivity index (χ0) is 10.2. The van der Waals surface area contributed by atoms with E-state index in [1.165, 1.54) is 32.1 Å². The molecule has 1 fully saturated rings. The molecule has 1 aliphatic rings. The fraction of sp³-hybridized carbons (Fsp3) is 0.909. The molecular weight excluding hydrogens is 180 g/mol. The monoisotopic (exact) mass is 200 g/mol. The molecule has 0 radical (unpaired) electrons. The van der Waals surface area contributed by atoms with Crippen molar-refractivity contribution in [1.82, 2.24) is 0 Å². The van der Waals surface area contributed by atoms with Gasteiger partial charge in [0.25, 0.3) is 0 Å². The maximum absolute atomic E-state index is 10.2. The third-order valence-electron chi connectivity index (χ3n) is 2.57. The average molecular weight is 200 g/mol. The van der Waals surface area contributed by atoms with Crippen molar-refractivity contribution in [2.45, 2.75) is 57.5 Å². The van der Waals surface area contributed by atoms with E-state index in [1.807, 2.05) is 0 Å². The van der Waals surface area contributed by atoms with Crippen LogP contribution in [0.15, 0.2) is 0 Å². The number of hydrogen-bond acceptors (Lipinski definition) is 2. The molecule has 3 heteroatoms. The van der Waals surface area contributed by atoms with Gasteiger partial charge in [0, 0.05) is 6.42 Å². The summed E-state index contributed by atoms with van der Waals surface area (Å²) in [5.41, 5.74) is 0. The van der Waals surface area contributed by atoms with Crippen LogP contribution in [0.4, 0.5) is 0 Å². The lowest BCUT2D eigenvalue weighted by Gasteiger charge is -1.99. The van der Waals surface area contributed by atoms with E-state index in [9.17, 15) is 4.79 Å². The minimum atomic E-state index is -0.670. The Morgan fingerprint density at radius 2 is 1.71 bits per heavy atom. The molecule has 14 heavy (non-hydrogen) atoms. The molecule has 0 aromatic carbocycles. The summed E-state index contributed by atoms with van der Waals surface area (Å²) in [7, 11) is 0. The number of hydrogen-bond donors (Lipinski definition) is 1. The van der Waals surface area contributed by atoms with E-state index in [-0.39, 0.29) is 0 Å². The van der Waals surface area contributed by atoms with Crippen LogP contribution >= 0.6 is 0 Å². The molecule has 0 aromatic heterocycles. The van der Waals surface area contributed by atoms with Gasteiger partial charge in [-0.2, -0.15) is 0 Å². The fourth-order valence-corrected chi connectivity index (χ4v) is 1.59. The highest BCUT2D eigenvalue weighted by Gasteiger charge is 2.20. The largest absolute Gasteiger partial charge is 0.481 e. The Balaban J connectivity index is 1.68. The first kappa shape index (κ1) is 11.5. The van der Waals surface area contributed by atoms with Crippen molar-refractivity contribution in [1.29, 1.82) is 0 Å². The lowest BCUT2D eigenvalue weighted by Crippen LogP contribution is -1.93. The molecule has 0 aliphatic carbocycles. The normalized spacial score (nSPS) is 19.6. The van der Waals surface area contributed by atoms with Gasteiger partial charge in [-0.3, -0.25) is 4.79 Å². The third kappa shape index (κ3) is 6.89. The highest BCUT2D eigenvalue weighted by Crippen LogP contribution is 2.18. The lowest BCUT2D eigenvalue weighted by atomic mass is 10.1. The number of epoxide rings is 1. The van der Waals surface area contributed by atoms with Gasteiger partial charge in [0.1, 0.15) is 0 Å². The van der Waals surface area contributed by atoms with E-state index in [4.69, 9.17) is 9.84 Å². The van der Waals surface area contributed by atoms with Gasteiger partial charge in [0.15, 0.2) is 0 Å². The van der Waals surface area contributed by atoms with Crippen molar-refractivity contribution in [2.75, 3.05) is 6.61 Å². The molecule has 1 N–H and O–H groups in total. The minimum Gasteiger partial charge on any atom is -0.481 e. The highest BCUT2D eigenvalue weighted by atomic mass is 16.6. The van der Waals surface area contributed by atoms with Gasteiger partial charge in [-0.25, -0.2) is 0 Å². The summed E-state index contributed by atoms with van der Waals surface area (Å²) in [6, 6.07) is 0. The van der Waals surface area contributed by atoms with Gasteiger partial charge in [0.2, 0.25) is 0 Å². The summed E-state index contributed by atoms with van der Waals surface area (Å²) in [6.07, 6.45) is 8.97. The van der Waals surface area contributed by atoms with E-state index in [1.54, 1.807) is 0 Å². The number of rotatable bonds is 9. The van der Waals surface area contributed by atoms with Crippen molar-refractivity contribution in [3.8, 4) is 0 Å². The second-order valence-electron chi connectivity index (χ2n) is 4.01. The first-order valence-electron chi connectivity index (χ1n) is 5.62. The van der Waals surface area contributed by atoms with Gasteiger partial charge in [-0.1, -0.05) is 32.1 Å². The Morgan fingerprint density at radius 1 is 1.14 bits per heavy atom. The average Bonchev–Trinajstić information content (AvgIpc) is 2.92. The molecule has 0 saturated carbocycles. The summed E-state index contributed by atoms with van der Waals surface area (Å²) in [5.74, 6) is -0.670. The SMILES string of the molecule is O=C(O)CCCCCCCCC1CO1. The van der Waals surface area contributed by atoms with E-state index >= 15 is 0 Å². The van der Waals surface area contributed by atoms with Gasteiger partial charge >= 0.3 is 5.97 Å². The smallest absolute Gasteiger partial charge is 0.303 e. The maximum Gasteiger partial charge on any atom is 0.303 e. The Hall–Kier alpha value is -0.570. The standard InChI is InChI=1S/C11H20O3/c12-11(13)8-6-4-2-1-3-5-7-10-9-14-10/h10H,1-9H2,(H,12,13). The summed E-state index contributed by atoms with van der Waals surface area (Å²) in [4.78, 5) is 10.2. The number of carbonyl (C=O) groups is 1. The summed E-state index contributed by atoms with van der Waals surface area (Å²) < 4.78 is 5.11. The molecular formula is C11H20O3. The van der Waals surface area contributed by atoms with E-state index in [0.29, 0.717) is 12.5 Å².